The molecule has 4 aromatic rings. The van der Waals surface area contributed by atoms with Crippen LogP contribution in [0.4, 0.5) is 0 Å². The molecule has 0 spiro atoms. The predicted octanol–water partition coefficient (Wildman–Crippen LogP) is 2.84. The highest BCUT2D eigenvalue weighted by Crippen LogP contribution is 2.17. The largest absolute Gasteiger partial charge is 0.298 e. The third-order valence-corrected chi connectivity index (χ3v) is 4.40. The van der Waals surface area contributed by atoms with Crippen LogP contribution in [0.5, 0.6) is 0 Å². The molecule has 0 saturated heterocycles. The Morgan fingerprint density at radius 1 is 1.04 bits per heavy atom. The van der Waals surface area contributed by atoms with E-state index in [2.05, 4.69) is 21.1 Å². The highest BCUT2D eigenvalue weighted by atomic mass is 16.1. The van der Waals surface area contributed by atoms with E-state index in [9.17, 15) is 4.79 Å². The zero-order valence-electron chi connectivity index (χ0n) is 14.8. The van der Waals surface area contributed by atoms with E-state index in [1.165, 1.54) is 0 Å². The Morgan fingerprint density at radius 2 is 1.77 bits per heavy atom. The van der Waals surface area contributed by atoms with Crippen molar-refractivity contribution in [2.45, 2.75) is 26.8 Å². The topological polar surface area (TPSA) is 65.6 Å². The van der Waals surface area contributed by atoms with Crippen LogP contribution in [0.1, 0.15) is 16.7 Å². The van der Waals surface area contributed by atoms with Crippen molar-refractivity contribution in [2.24, 2.45) is 0 Å². The lowest BCUT2D eigenvalue weighted by atomic mass is 10.1. The van der Waals surface area contributed by atoms with Crippen molar-refractivity contribution in [3.63, 3.8) is 0 Å². The van der Waals surface area contributed by atoms with Crippen molar-refractivity contribution in [1.29, 1.82) is 0 Å². The molecule has 0 radical (unpaired) electrons. The number of rotatable bonds is 4. The number of pyridine rings is 1. The predicted molar refractivity (Wildman–Crippen MR) is 101 cm³/mol. The molecule has 0 atom stereocenters. The van der Waals surface area contributed by atoms with Gasteiger partial charge in [0, 0.05) is 18.9 Å². The maximum absolute atomic E-state index is 12.8. The van der Waals surface area contributed by atoms with Crippen molar-refractivity contribution >= 4 is 11.0 Å². The first-order valence-electron chi connectivity index (χ1n) is 8.52. The van der Waals surface area contributed by atoms with Gasteiger partial charge in [0.25, 0.3) is 5.56 Å². The van der Waals surface area contributed by atoms with Gasteiger partial charge in [-0.15, -0.1) is 0 Å². The molecule has 0 aliphatic heterocycles. The van der Waals surface area contributed by atoms with E-state index in [-0.39, 0.29) is 5.56 Å². The monoisotopic (exact) mass is 345 g/mol. The Balaban J connectivity index is 1.70. The Kier molecular flexibility index (Phi) is 4.08. The Labute approximate surface area is 150 Å². The fourth-order valence-corrected chi connectivity index (χ4v) is 3.17. The third-order valence-electron chi connectivity index (χ3n) is 4.40. The van der Waals surface area contributed by atoms with Gasteiger partial charge in [-0.2, -0.15) is 5.10 Å². The Morgan fingerprint density at radius 3 is 2.50 bits per heavy atom. The van der Waals surface area contributed by atoms with Gasteiger partial charge < -0.3 is 0 Å². The van der Waals surface area contributed by atoms with Gasteiger partial charge in [-0.05, 0) is 61.2 Å². The van der Waals surface area contributed by atoms with Gasteiger partial charge in [-0.25, -0.2) is 9.67 Å². The van der Waals surface area contributed by atoms with Crippen LogP contribution < -0.4 is 5.56 Å². The summed E-state index contributed by atoms with van der Waals surface area (Å²) < 4.78 is 3.36. The van der Waals surface area contributed by atoms with Crippen molar-refractivity contribution < 1.29 is 0 Å². The minimum Gasteiger partial charge on any atom is -0.298 e. The first-order chi connectivity index (χ1) is 12.6. The second-order valence-corrected chi connectivity index (χ2v) is 6.49. The number of hydrogen-bond acceptors (Lipinski definition) is 4. The van der Waals surface area contributed by atoms with Crippen molar-refractivity contribution in [3.05, 3.63) is 82.3 Å². The molecule has 0 saturated carbocycles. The van der Waals surface area contributed by atoms with Crippen molar-refractivity contribution in [1.82, 2.24) is 24.3 Å². The summed E-state index contributed by atoms with van der Waals surface area (Å²) in [6.07, 6.45) is 7.47. The molecule has 0 amide bonds. The molecular weight excluding hydrogens is 326 g/mol. The fourth-order valence-electron chi connectivity index (χ4n) is 3.17. The van der Waals surface area contributed by atoms with Crippen LogP contribution >= 0.6 is 0 Å². The molecule has 26 heavy (non-hydrogen) atoms. The smallest absolute Gasteiger partial charge is 0.264 e. The van der Waals surface area contributed by atoms with Crippen molar-refractivity contribution in [2.75, 3.05) is 0 Å². The molecule has 0 bridgehead atoms. The van der Waals surface area contributed by atoms with Crippen LogP contribution in [-0.2, 0) is 13.0 Å². The Bertz CT molecular complexity index is 1110. The molecule has 3 aromatic heterocycles. The molecule has 0 aliphatic carbocycles. The number of aromatic nitrogens is 5. The molecule has 6 nitrogen and oxygen atoms in total. The zero-order valence-corrected chi connectivity index (χ0v) is 14.8. The highest BCUT2D eigenvalue weighted by molar-refractivity contribution is 5.75. The lowest BCUT2D eigenvalue weighted by Crippen LogP contribution is -2.21. The normalized spacial score (nSPS) is 11.2. The van der Waals surface area contributed by atoms with E-state index in [0.29, 0.717) is 17.6 Å². The maximum atomic E-state index is 12.8. The van der Waals surface area contributed by atoms with Gasteiger partial charge in [0.15, 0.2) is 5.65 Å². The van der Waals surface area contributed by atoms with E-state index >= 15 is 0 Å². The summed E-state index contributed by atoms with van der Waals surface area (Å²) in [6.45, 7) is 4.66. The molecule has 0 unspecified atom stereocenters. The SMILES string of the molecule is Cc1cc(C)cc(-n2ncc3c(=O)n(CCc4ccncc4)cnc32)c1. The van der Waals surface area contributed by atoms with Crippen LogP contribution in [0.15, 0.2) is 60.0 Å². The van der Waals surface area contributed by atoms with E-state index in [1.54, 1.807) is 34.2 Å². The summed E-state index contributed by atoms with van der Waals surface area (Å²) >= 11 is 0. The third kappa shape index (κ3) is 3.01. The quantitative estimate of drug-likeness (QED) is 0.570. The van der Waals surface area contributed by atoms with Crippen molar-refractivity contribution in [3.8, 4) is 5.69 Å². The number of fused-ring (bicyclic) bond motifs is 1. The van der Waals surface area contributed by atoms with Crippen LogP contribution in [-0.4, -0.2) is 24.3 Å². The van der Waals surface area contributed by atoms with E-state index in [0.717, 1.165) is 28.8 Å². The standard InChI is InChI=1S/C20H19N5O/c1-14-9-15(2)11-17(10-14)25-19-18(12-23-25)20(26)24(13-22-19)8-5-16-3-6-21-7-4-16/h3-4,6-7,9-13H,5,8H2,1-2H3. The number of hydrogen-bond donors (Lipinski definition) is 0. The molecule has 130 valence electrons. The van der Waals surface area contributed by atoms with Gasteiger partial charge in [0.2, 0.25) is 0 Å². The molecule has 0 fully saturated rings. The molecule has 0 aliphatic rings. The molecule has 4 rings (SSSR count). The zero-order chi connectivity index (χ0) is 18.1. The second-order valence-electron chi connectivity index (χ2n) is 6.49. The second kappa shape index (κ2) is 6.55. The lowest BCUT2D eigenvalue weighted by molar-refractivity contribution is 0.661. The number of benzene rings is 1. The fraction of sp³-hybridized carbons (Fsp3) is 0.200. The molecule has 3 heterocycles. The first kappa shape index (κ1) is 16.2. The van der Waals surface area contributed by atoms with E-state index < -0.39 is 0 Å². The van der Waals surface area contributed by atoms with Crippen LogP contribution in [0.2, 0.25) is 0 Å². The summed E-state index contributed by atoms with van der Waals surface area (Å²) in [4.78, 5) is 21.3. The van der Waals surface area contributed by atoms with Gasteiger partial charge in [0.05, 0.1) is 18.2 Å². The first-order valence-corrected chi connectivity index (χ1v) is 8.52. The lowest BCUT2D eigenvalue weighted by Gasteiger charge is -2.08. The Hall–Kier alpha value is -3.28. The number of nitrogens with zero attached hydrogens (tertiary/aromatic N) is 5. The van der Waals surface area contributed by atoms with Crippen LogP contribution in [0.25, 0.3) is 16.7 Å². The average molecular weight is 345 g/mol. The van der Waals surface area contributed by atoms with E-state index in [1.807, 2.05) is 38.1 Å². The van der Waals surface area contributed by atoms with Crippen LogP contribution in [0.3, 0.4) is 0 Å². The molecule has 6 heteroatoms. The summed E-state index contributed by atoms with van der Waals surface area (Å²) in [5, 5.41) is 4.93. The summed E-state index contributed by atoms with van der Waals surface area (Å²) in [5.41, 5.74) is 4.86. The summed E-state index contributed by atoms with van der Waals surface area (Å²) in [5.74, 6) is 0. The highest BCUT2D eigenvalue weighted by Gasteiger charge is 2.12. The van der Waals surface area contributed by atoms with Gasteiger partial charge in [-0.3, -0.25) is 14.3 Å². The summed E-state index contributed by atoms with van der Waals surface area (Å²) in [6, 6.07) is 10.1. The van der Waals surface area contributed by atoms with E-state index in [4.69, 9.17) is 0 Å². The van der Waals surface area contributed by atoms with Gasteiger partial charge in [0.1, 0.15) is 5.39 Å². The van der Waals surface area contributed by atoms with Gasteiger partial charge >= 0.3 is 0 Å². The number of aryl methyl sites for hydroxylation is 4. The summed E-state index contributed by atoms with van der Waals surface area (Å²) in [7, 11) is 0. The van der Waals surface area contributed by atoms with Gasteiger partial charge in [-0.1, -0.05) is 6.07 Å². The minimum absolute atomic E-state index is 0.0697. The molecule has 0 N–H and O–H groups in total. The molecule has 1 aromatic carbocycles. The molecular formula is C20H19N5O. The minimum atomic E-state index is -0.0697. The average Bonchev–Trinajstić information content (AvgIpc) is 3.06. The maximum Gasteiger partial charge on any atom is 0.264 e. The van der Waals surface area contributed by atoms with Crippen LogP contribution in [0, 0.1) is 13.8 Å².